The van der Waals surface area contributed by atoms with Crippen molar-refractivity contribution in [2.45, 2.75) is 127 Å². The summed E-state index contributed by atoms with van der Waals surface area (Å²) in [5, 5.41) is 30.8. The Balaban J connectivity index is 1.26. The van der Waals surface area contributed by atoms with Gasteiger partial charge in [0.2, 0.25) is 5.91 Å². The van der Waals surface area contributed by atoms with Crippen LogP contribution < -0.4 is 5.73 Å². The van der Waals surface area contributed by atoms with Gasteiger partial charge >= 0.3 is 18.2 Å². The van der Waals surface area contributed by atoms with E-state index < -0.39 is 84.4 Å². The lowest BCUT2D eigenvalue weighted by Crippen LogP contribution is -2.63. The Hall–Kier alpha value is -2.38. The van der Waals surface area contributed by atoms with Crippen LogP contribution in [0, 0.1) is 40.9 Å². The minimum atomic E-state index is -4.39. The molecule has 5 fully saturated rings. The number of carbonyl (C=O) groups excluding carboxylic acids is 2. The Bertz CT molecular complexity index is 1240. The summed E-state index contributed by atoms with van der Waals surface area (Å²) in [6.07, 6.45) is -1.80. The summed E-state index contributed by atoms with van der Waals surface area (Å²) in [4.78, 5) is 39.1. The molecule has 3 aliphatic carbocycles. The number of carboxylic acids is 1. The number of carboxylic acid groups (broad SMARTS) is 1. The van der Waals surface area contributed by atoms with Crippen LogP contribution in [0.5, 0.6) is 0 Å². The normalized spacial score (nSPS) is 42.1. The number of hydrogen-bond acceptors (Lipinski definition) is 7. The first-order chi connectivity index (χ1) is 21.1. The smallest absolute Gasteiger partial charge is 0.405 e. The molecular weight excluding hydrogens is 597 g/mol. The zero-order chi connectivity index (χ0) is 32.6. The number of ether oxygens (including phenoxy) is 2. The summed E-state index contributed by atoms with van der Waals surface area (Å²) >= 11 is 0. The molecule has 0 bridgehead atoms. The van der Waals surface area contributed by atoms with E-state index in [0.29, 0.717) is 50.5 Å². The fraction of sp³-hybridized carbons (Fsp3) is 0.844. The summed E-state index contributed by atoms with van der Waals surface area (Å²) in [5.41, 5.74) is 4.26. The Kier molecular flexibility index (Phi) is 8.25. The molecule has 0 aromatic carbocycles. The fourth-order valence-electron chi connectivity index (χ4n) is 11.0. The number of halogens is 3. The van der Waals surface area contributed by atoms with E-state index in [9.17, 15) is 42.9 Å². The number of β-lactam (4-membered cyclic amide) rings is 1. The van der Waals surface area contributed by atoms with Gasteiger partial charge in [-0.1, -0.05) is 19.8 Å². The Labute approximate surface area is 260 Å². The van der Waals surface area contributed by atoms with E-state index in [1.54, 1.807) is 6.92 Å². The number of carbonyl (C=O) groups is 3. The highest BCUT2D eigenvalue weighted by Gasteiger charge is 2.65. The zero-order valence-corrected chi connectivity index (χ0v) is 25.8. The van der Waals surface area contributed by atoms with Crippen LogP contribution in [-0.4, -0.2) is 74.5 Å². The van der Waals surface area contributed by atoms with Gasteiger partial charge in [-0.2, -0.15) is 13.2 Å². The van der Waals surface area contributed by atoms with Crippen molar-refractivity contribution in [1.29, 1.82) is 0 Å². The molecule has 6 aliphatic rings. The molecule has 3 heterocycles. The van der Waals surface area contributed by atoms with E-state index >= 15 is 0 Å². The molecular formula is C32H45F3N2O8. The summed E-state index contributed by atoms with van der Waals surface area (Å²) in [6, 6.07) is -0.563. The van der Waals surface area contributed by atoms with Crippen molar-refractivity contribution in [3.8, 4) is 0 Å². The highest BCUT2D eigenvalue weighted by atomic mass is 19.4. The zero-order valence-electron chi connectivity index (χ0n) is 25.8. The van der Waals surface area contributed by atoms with Gasteiger partial charge in [-0.05, 0) is 87.9 Å². The van der Waals surface area contributed by atoms with Gasteiger partial charge in [0.1, 0.15) is 11.3 Å². The van der Waals surface area contributed by atoms with Gasteiger partial charge in [-0.15, -0.1) is 0 Å². The van der Waals surface area contributed by atoms with Gasteiger partial charge < -0.3 is 35.4 Å². The maximum Gasteiger partial charge on any atom is 0.405 e. The van der Waals surface area contributed by atoms with Crippen molar-refractivity contribution in [2.75, 3.05) is 0 Å². The number of hydrogen-bond donors (Lipinski definition) is 4. The maximum absolute atomic E-state index is 13.9. The van der Waals surface area contributed by atoms with E-state index in [4.69, 9.17) is 15.2 Å². The Morgan fingerprint density at radius 3 is 2.27 bits per heavy atom. The number of aliphatic carboxylic acids is 1. The lowest BCUT2D eigenvalue weighted by Gasteiger charge is -2.54. The lowest BCUT2D eigenvalue weighted by molar-refractivity contribution is -0.281. The van der Waals surface area contributed by atoms with Gasteiger partial charge in [0.15, 0.2) is 6.29 Å². The molecule has 5 N–H and O–H groups in total. The second kappa shape index (κ2) is 11.4. The number of aliphatic hydroxyl groups excluding tert-OH is 2. The number of amides is 2. The number of nitrogens with two attached hydrogens (primary N) is 1. The van der Waals surface area contributed by atoms with E-state index in [1.165, 1.54) is 11.8 Å². The summed E-state index contributed by atoms with van der Waals surface area (Å²) < 4.78 is 53.3. The highest BCUT2D eigenvalue weighted by molar-refractivity contribution is 6.00. The first kappa shape index (κ1) is 32.6. The molecule has 3 saturated carbocycles. The van der Waals surface area contributed by atoms with Gasteiger partial charge in [0, 0.05) is 17.9 Å². The van der Waals surface area contributed by atoms with Crippen LogP contribution in [0.15, 0.2) is 11.3 Å². The Morgan fingerprint density at radius 2 is 1.71 bits per heavy atom. The van der Waals surface area contributed by atoms with Crippen LogP contribution in [0.25, 0.3) is 0 Å². The molecule has 6 rings (SSSR count). The molecule has 0 aromatic heterocycles. The third-order valence-electron chi connectivity index (χ3n) is 12.7. The van der Waals surface area contributed by atoms with Gasteiger partial charge in [0.25, 0.3) is 0 Å². The van der Waals surface area contributed by atoms with Crippen LogP contribution in [0.1, 0.15) is 90.9 Å². The van der Waals surface area contributed by atoms with Crippen LogP contribution in [0.2, 0.25) is 0 Å². The third kappa shape index (κ3) is 5.15. The molecule has 3 aliphatic heterocycles. The minimum Gasteiger partial charge on any atom is -0.477 e. The third-order valence-corrected chi connectivity index (χ3v) is 12.7. The molecule has 252 valence electrons. The largest absolute Gasteiger partial charge is 0.477 e. The molecule has 45 heavy (non-hydrogen) atoms. The minimum absolute atomic E-state index is 0.112. The second-order valence-electron chi connectivity index (χ2n) is 14.6. The number of nitrogens with zero attached hydrogens (tertiary/aromatic N) is 1. The highest BCUT2D eigenvalue weighted by Crippen LogP contribution is 2.62. The van der Waals surface area contributed by atoms with Crippen molar-refractivity contribution in [3.63, 3.8) is 0 Å². The summed E-state index contributed by atoms with van der Waals surface area (Å²) in [6.45, 7) is 3.30. The number of primary amides is 1. The van der Waals surface area contributed by atoms with E-state index in [-0.39, 0.29) is 22.9 Å². The number of aliphatic hydroxyl groups is 2. The molecule has 13 heteroatoms. The second-order valence-corrected chi connectivity index (χ2v) is 14.6. The standard InChI is InChI=1S/C32H45F3N2O8/c1-15-24(26(28(41)42)37-25(15)23(16(2)38)27(37)40)31(45-29(36)43)11-7-17(8-12-31)30(9-3-4-10-30)18-5-6-19-20(32(33,34)35)14-22(39)44-21(19)13-18/h15-23,25,38-39H,3-14H2,1-2H3,(H2,36,43)(H,41,42)/t15-,16+,17?,18?,19?,20?,21?,22?,23+,25+,31?/m0/s1. The van der Waals surface area contributed by atoms with Crippen LogP contribution >= 0.6 is 0 Å². The van der Waals surface area contributed by atoms with Crippen molar-refractivity contribution >= 4 is 18.0 Å². The Morgan fingerprint density at radius 1 is 1.07 bits per heavy atom. The fourth-order valence-corrected chi connectivity index (χ4v) is 11.0. The molecule has 0 radical (unpaired) electrons. The van der Waals surface area contributed by atoms with Crippen LogP contribution in [-0.2, 0) is 19.1 Å². The van der Waals surface area contributed by atoms with Gasteiger partial charge in [0.05, 0.1) is 30.1 Å². The number of alkyl halides is 3. The average Bonchev–Trinajstić information content (AvgIpc) is 3.54. The topological polar surface area (TPSA) is 160 Å². The van der Waals surface area contributed by atoms with Gasteiger partial charge in [-0.25, -0.2) is 9.59 Å². The number of rotatable bonds is 6. The van der Waals surface area contributed by atoms with Crippen LogP contribution in [0.4, 0.5) is 18.0 Å². The predicted octanol–water partition coefficient (Wildman–Crippen LogP) is 4.47. The SMILES string of the molecule is C[C@@H](O)[C@H]1C(=O)N2C(C(=O)O)=C(C3(OC(N)=O)CCC(C4(C5CCC6C(C5)OC(O)CC6C(F)(F)F)CCCC4)CC3)[C@H](C)[C@H]12. The molecule has 0 spiro atoms. The molecule has 10 nitrogen and oxygen atoms in total. The summed E-state index contributed by atoms with van der Waals surface area (Å²) in [7, 11) is 0. The molecule has 5 unspecified atom stereocenters. The lowest BCUT2D eigenvalue weighted by atomic mass is 9.54. The van der Waals surface area contributed by atoms with Crippen molar-refractivity contribution < 1.29 is 52.3 Å². The van der Waals surface area contributed by atoms with Crippen molar-refractivity contribution in [3.05, 3.63) is 11.3 Å². The summed E-state index contributed by atoms with van der Waals surface area (Å²) in [5.74, 6) is -5.00. The quantitative estimate of drug-likeness (QED) is 0.309. The molecule has 2 saturated heterocycles. The van der Waals surface area contributed by atoms with Crippen molar-refractivity contribution in [2.24, 2.45) is 46.7 Å². The van der Waals surface area contributed by atoms with Crippen molar-refractivity contribution in [1.82, 2.24) is 4.90 Å². The molecule has 2 amide bonds. The first-order valence-electron chi connectivity index (χ1n) is 16.5. The van der Waals surface area contributed by atoms with Gasteiger partial charge in [-0.3, -0.25) is 4.79 Å². The van der Waals surface area contributed by atoms with E-state index in [0.717, 1.165) is 25.7 Å². The predicted molar refractivity (Wildman–Crippen MR) is 152 cm³/mol. The van der Waals surface area contributed by atoms with E-state index in [1.807, 2.05) is 0 Å². The first-order valence-corrected chi connectivity index (χ1v) is 16.5. The molecule has 0 aromatic rings. The monoisotopic (exact) mass is 642 g/mol. The molecule has 9 atom stereocenters. The average molecular weight is 643 g/mol. The number of fused-ring (bicyclic) bond motifs is 2. The maximum atomic E-state index is 13.9. The van der Waals surface area contributed by atoms with E-state index in [2.05, 4.69) is 0 Å². The van der Waals surface area contributed by atoms with Crippen LogP contribution in [0.3, 0.4) is 0 Å².